The number of benzene rings is 1. The van der Waals surface area contributed by atoms with Crippen molar-refractivity contribution >= 4 is 21.8 Å². The highest BCUT2D eigenvalue weighted by molar-refractivity contribution is 9.10. The molecular formula is C12H9BrFN3O2. The Kier molecular flexibility index (Phi) is 3.96. The van der Waals surface area contributed by atoms with Crippen molar-refractivity contribution < 1.29 is 14.3 Å². The zero-order valence-corrected chi connectivity index (χ0v) is 11.1. The molecule has 2 aromatic rings. The van der Waals surface area contributed by atoms with Crippen molar-refractivity contribution in [3.8, 4) is 11.5 Å². The number of halogens is 2. The highest BCUT2D eigenvalue weighted by Gasteiger charge is 2.11. The summed E-state index contributed by atoms with van der Waals surface area (Å²) in [5.74, 6) is -0.0403. The average Bonchev–Trinajstić information content (AvgIpc) is 2.42. The van der Waals surface area contributed by atoms with Crippen molar-refractivity contribution in [1.29, 1.82) is 0 Å². The lowest BCUT2D eigenvalue weighted by Crippen LogP contribution is -2.14. The summed E-state index contributed by atoms with van der Waals surface area (Å²) in [5, 5.41) is 11.6. The first-order valence-corrected chi connectivity index (χ1v) is 5.96. The Morgan fingerprint density at radius 2 is 2.16 bits per heavy atom. The molecule has 0 radical (unpaired) electrons. The van der Waals surface area contributed by atoms with E-state index in [0.29, 0.717) is 10.0 Å². The van der Waals surface area contributed by atoms with Crippen molar-refractivity contribution in [3.05, 3.63) is 52.5 Å². The summed E-state index contributed by atoms with van der Waals surface area (Å²) in [4.78, 5) is 3.88. The van der Waals surface area contributed by atoms with E-state index in [-0.39, 0.29) is 17.3 Å². The molecule has 0 amide bonds. The number of aromatic nitrogens is 1. The Hall–Kier alpha value is -2.15. The lowest BCUT2D eigenvalue weighted by atomic mass is 10.2. The second-order valence-electron chi connectivity index (χ2n) is 3.53. The number of oxime groups is 1. The van der Waals surface area contributed by atoms with Gasteiger partial charge in [0.15, 0.2) is 11.6 Å². The van der Waals surface area contributed by atoms with Gasteiger partial charge in [0.25, 0.3) is 0 Å². The predicted molar refractivity (Wildman–Crippen MR) is 70.9 cm³/mol. The minimum atomic E-state index is -0.438. The number of hydrogen-bond acceptors (Lipinski definition) is 4. The van der Waals surface area contributed by atoms with Crippen LogP contribution in [0.1, 0.15) is 5.56 Å². The van der Waals surface area contributed by atoms with Gasteiger partial charge in [0.05, 0.1) is 16.2 Å². The summed E-state index contributed by atoms with van der Waals surface area (Å²) in [7, 11) is 0. The Morgan fingerprint density at radius 3 is 2.89 bits per heavy atom. The van der Waals surface area contributed by atoms with E-state index in [1.807, 2.05) is 0 Å². The molecule has 2 rings (SSSR count). The number of ether oxygens (including phenoxy) is 1. The maximum atomic E-state index is 13.2. The molecule has 0 unspecified atom stereocenters. The molecule has 0 saturated carbocycles. The van der Waals surface area contributed by atoms with E-state index < -0.39 is 5.82 Å². The summed E-state index contributed by atoms with van der Waals surface area (Å²) < 4.78 is 19.3. The van der Waals surface area contributed by atoms with Crippen LogP contribution in [0, 0.1) is 5.82 Å². The van der Waals surface area contributed by atoms with Crippen LogP contribution in [-0.2, 0) is 0 Å². The fourth-order valence-corrected chi connectivity index (χ4v) is 1.73. The molecule has 0 fully saturated rings. The summed E-state index contributed by atoms with van der Waals surface area (Å²) in [5.41, 5.74) is 5.88. The van der Waals surface area contributed by atoms with Crippen LogP contribution in [0.4, 0.5) is 4.39 Å². The van der Waals surface area contributed by atoms with Crippen molar-refractivity contribution in [1.82, 2.24) is 4.98 Å². The molecular weight excluding hydrogens is 317 g/mol. The third kappa shape index (κ3) is 3.00. The van der Waals surface area contributed by atoms with Gasteiger partial charge >= 0.3 is 0 Å². The molecule has 1 aromatic carbocycles. The van der Waals surface area contributed by atoms with Gasteiger partial charge in [0.2, 0.25) is 0 Å². The second-order valence-corrected chi connectivity index (χ2v) is 4.39. The third-order valence-corrected chi connectivity index (χ3v) is 2.94. The smallest absolute Gasteiger partial charge is 0.173 e. The summed E-state index contributed by atoms with van der Waals surface area (Å²) >= 11 is 3.24. The standard InChI is InChI=1S/C12H9BrFN3O2/c13-9-2-1-7(14)5-10(9)19-11-6-16-4-3-8(11)12(15)17-18/h1-6,18H,(H2,15,17). The number of amidine groups is 1. The third-order valence-electron chi connectivity index (χ3n) is 2.28. The monoisotopic (exact) mass is 325 g/mol. The number of rotatable bonds is 3. The van der Waals surface area contributed by atoms with Gasteiger partial charge in [-0.1, -0.05) is 5.16 Å². The molecule has 0 aliphatic carbocycles. The lowest BCUT2D eigenvalue weighted by molar-refractivity contribution is 0.318. The molecule has 0 saturated heterocycles. The van der Waals surface area contributed by atoms with Crippen molar-refractivity contribution in [2.45, 2.75) is 0 Å². The Balaban J connectivity index is 2.41. The fraction of sp³-hybridized carbons (Fsp3) is 0. The van der Waals surface area contributed by atoms with E-state index >= 15 is 0 Å². The largest absolute Gasteiger partial charge is 0.454 e. The molecule has 0 bridgehead atoms. The van der Waals surface area contributed by atoms with Crippen LogP contribution in [0.25, 0.3) is 0 Å². The van der Waals surface area contributed by atoms with Gasteiger partial charge in [0.1, 0.15) is 11.6 Å². The van der Waals surface area contributed by atoms with E-state index in [0.717, 1.165) is 0 Å². The van der Waals surface area contributed by atoms with Gasteiger partial charge < -0.3 is 15.7 Å². The van der Waals surface area contributed by atoms with Gasteiger partial charge in [-0.3, -0.25) is 4.98 Å². The van der Waals surface area contributed by atoms with E-state index in [1.165, 1.54) is 36.7 Å². The van der Waals surface area contributed by atoms with E-state index in [1.54, 1.807) is 0 Å². The van der Waals surface area contributed by atoms with Gasteiger partial charge in [-0.15, -0.1) is 0 Å². The molecule has 1 heterocycles. The molecule has 98 valence electrons. The predicted octanol–water partition coefficient (Wildman–Crippen LogP) is 2.87. The van der Waals surface area contributed by atoms with E-state index in [2.05, 4.69) is 26.1 Å². The van der Waals surface area contributed by atoms with Crippen molar-refractivity contribution in [2.24, 2.45) is 10.9 Å². The maximum absolute atomic E-state index is 13.2. The quantitative estimate of drug-likeness (QED) is 0.393. The highest BCUT2D eigenvalue weighted by atomic mass is 79.9. The van der Waals surface area contributed by atoms with E-state index in [9.17, 15) is 4.39 Å². The molecule has 1 aromatic heterocycles. The summed E-state index contributed by atoms with van der Waals surface area (Å²) in [6.45, 7) is 0. The summed E-state index contributed by atoms with van der Waals surface area (Å²) in [6.07, 6.45) is 2.87. The average molecular weight is 326 g/mol. The molecule has 0 aliphatic rings. The lowest BCUT2D eigenvalue weighted by Gasteiger charge is -2.10. The number of nitrogens with zero attached hydrogens (tertiary/aromatic N) is 2. The van der Waals surface area contributed by atoms with Gasteiger partial charge in [0, 0.05) is 12.3 Å². The Labute approximate surface area is 116 Å². The molecule has 5 nitrogen and oxygen atoms in total. The fourth-order valence-electron chi connectivity index (χ4n) is 1.40. The van der Waals surface area contributed by atoms with E-state index in [4.69, 9.17) is 15.7 Å². The minimum Gasteiger partial charge on any atom is -0.454 e. The second kappa shape index (κ2) is 5.66. The van der Waals surface area contributed by atoms with Crippen LogP contribution < -0.4 is 10.5 Å². The highest BCUT2D eigenvalue weighted by Crippen LogP contribution is 2.31. The summed E-state index contributed by atoms with van der Waals surface area (Å²) in [6, 6.07) is 5.56. The van der Waals surface area contributed by atoms with Gasteiger partial charge in [-0.25, -0.2) is 4.39 Å². The van der Waals surface area contributed by atoms with Crippen molar-refractivity contribution in [2.75, 3.05) is 0 Å². The normalized spacial score (nSPS) is 11.4. The number of hydrogen-bond donors (Lipinski definition) is 2. The van der Waals surface area contributed by atoms with Gasteiger partial charge in [-0.05, 0) is 34.1 Å². The Morgan fingerprint density at radius 1 is 1.37 bits per heavy atom. The molecule has 0 spiro atoms. The Bertz CT molecular complexity index is 634. The van der Waals surface area contributed by atoms with Crippen LogP contribution in [0.3, 0.4) is 0 Å². The van der Waals surface area contributed by atoms with Gasteiger partial charge in [-0.2, -0.15) is 0 Å². The maximum Gasteiger partial charge on any atom is 0.173 e. The molecule has 3 N–H and O–H groups in total. The minimum absolute atomic E-state index is 0.120. The first kappa shape index (κ1) is 13.3. The first-order valence-electron chi connectivity index (χ1n) is 5.16. The van der Waals surface area contributed by atoms with Crippen molar-refractivity contribution in [3.63, 3.8) is 0 Å². The molecule has 7 heteroatoms. The topological polar surface area (TPSA) is 80.7 Å². The van der Waals surface area contributed by atoms with Crippen LogP contribution >= 0.6 is 15.9 Å². The van der Waals surface area contributed by atoms with Crippen LogP contribution in [0.15, 0.2) is 46.3 Å². The SMILES string of the molecule is N/C(=N/O)c1ccncc1Oc1cc(F)ccc1Br. The van der Waals surface area contributed by atoms with Crippen LogP contribution in [0.5, 0.6) is 11.5 Å². The van der Waals surface area contributed by atoms with Crippen LogP contribution in [-0.4, -0.2) is 16.0 Å². The zero-order chi connectivity index (χ0) is 13.8. The molecule has 0 aliphatic heterocycles. The number of pyridine rings is 1. The van der Waals surface area contributed by atoms with Crippen LogP contribution in [0.2, 0.25) is 0 Å². The molecule has 19 heavy (non-hydrogen) atoms. The number of nitrogens with two attached hydrogens (primary N) is 1. The zero-order valence-electron chi connectivity index (χ0n) is 9.55. The molecule has 0 atom stereocenters. The first-order chi connectivity index (χ1) is 9.11.